The maximum absolute atomic E-state index is 12.8. The van der Waals surface area contributed by atoms with Crippen molar-refractivity contribution in [3.8, 4) is 0 Å². The third-order valence-corrected chi connectivity index (χ3v) is 3.74. The summed E-state index contributed by atoms with van der Waals surface area (Å²) >= 11 is 7.55. The van der Waals surface area contributed by atoms with Crippen LogP contribution in [0.15, 0.2) is 35.2 Å². The highest BCUT2D eigenvalue weighted by atomic mass is 35.5. The SMILES string of the molecule is CC(C)c1cc(Cl)nc(CSc2ccc(F)cc2)n1. The molecular weight excluding hydrogens is 283 g/mol. The van der Waals surface area contributed by atoms with Gasteiger partial charge in [0.15, 0.2) is 0 Å². The Morgan fingerprint density at radius 3 is 2.53 bits per heavy atom. The van der Waals surface area contributed by atoms with Crippen molar-refractivity contribution in [1.29, 1.82) is 0 Å². The van der Waals surface area contributed by atoms with E-state index in [1.54, 1.807) is 30.0 Å². The van der Waals surface area contributed by atoms with Crippen molar-refractivity contribution in [3.05, 3.63) is 52.8 Å². The molecule has 0 saturated carbocycles. The smallest absolute Gasteiger partial charge is 0.140 e. The molecule has 2 aromatic rings. The zero-order valence-corrected chi connectivity index (χ0v) is 12.3. The fraction of sp³-hybridized carbons (Fsp3) is 0.286. The predicted octanol–water partition coefficient (Wildman–Crippen LogP) is 4.68. The van der Waals surface area contributed by atoms with Gasteiger partial charge in [-0.2, -0.15) is 0 Å². The average molecular weight is 297 g/mol. The third-order valence-electron chi connectivity index (χ3n) is 2.53. The van der Waals surface area contributed by atoms with E-state index < -0.39 is 0 Å². The lowest BCUT2D eigenvalue weighted by Crippen LogP contribution is -2.00. The normalized spacial score (nSPS) is 11.0. The first-order valence-corrected chi connectivity index (χ1v) is 7.32. The molecule has 0 fully saturated rings. The Labute approximate surface area is 121 Å². The zero-order chi connectivity index (χ0) is 13.8. The molecule has 5 heteroatoms. The van der Waals surface area contributed by atoms with E-state index in [2.05, 4.69) is 23.8 Å². The largest absolute Gasteiger partial charge is 0.237 e. The quantitative estimate of drug-likeness (QED) is 0.605. The van der Waals surface area contributed by atoms with Gasteiger partial charge in [0.2, 0.25) is 0 Å². The second kappa shape index (κ2) is 6.35. The van der Waals surface area contributed by atoms with E-state index in [1.807, 2.05) is 0 Å². The van der Waals surface area contributed by atoms with Crippen LogP contribution < -0.4 is 0 Å². The van der Waals surface area contributed by atoms with Crippen LogP contribution in [0.2, 0.25) is 5.15 Å². The Kier molecular flexibility index (Phi) is 4.77. The van der Waals surface area contributed by atoms with Crippen LogP contribution in [-0.2, 0) is 5.75 Å². The average Bonchev–Trinajstić information content (AvgIpc) is 2.37. The van der Waals surface area contributed by atoms with E-state index in [0.29, 0.717) is 22.6 Å². The standard InChI is InChI=1S/C14H14ClFN2S/c1-9(2)12-7-13(15)18-14(17-12)8-19-11-5-3-10(16)4-6-11/h3-7,9H,8H2,1-2H3. The van der Waals surface area contributed by atoms with E-state index in [-0.39, 0.29) is 5.82 Å². The molecule has 19 heavy (non-hydrogen) atoms. The summed E-state index contributed by atoms with van der Waals surface area (Å²) in [6.45, 7) is 4.13. The van der Waals surface area contributed by atoms with Crippen molar-refractivity contribution in [2.75, 3.05) is 0 Å². The molecule has 0 bridgehead atoms. The molecule has 1 aromatic carbocycles. The summed E-state index contributed by atoms with van der Waals surface area (Å²) in [5, 5.41) is 0.466. The van der Waals surface area contributed by atoms with Crippen LogP contribution in [0.5, 0.6) is 0 Å². The van der Waals surface area contributed by atoms with Crippen LogP contribution in [0.3, 0.4) is 0 Å². The number of aromatic nitrogens is 2. The first-order valence-electron chi connectivity index (χ1n) is 5.96. The van der Waals surface area contributed by atoms with E-state index in [1.165, 1.54) is 12.1 Å². The van der Waals surface area contributed by atoms with Crippen LogP contribution in [0.4, 0.5) is 4.39 Å². The Bertz CT molecular complexity index is 558. The molecule has 1 aromatic heterocycles. The summed E-state index contributed by atoms with van der Waals surface area (Å²) in [5.41, 5.74) is 0.940. The molecule has 0 radical (unpaired) electrons. The summed E-state index contributed by atoms with van der Waals surface area (Å²) in [7, 11) is 0. The van der Waals surface area contributed by atoms with Gasteiger partial charge in [-0.3, -0.25) is 0 Å². The lowest BCUT2D eigenvalue weighted by Gasteiger charge is -2.07. The molecule has 2 rings (SSSR count). The van der Waals surface area contributed by atoms with Crippen LogP contribution >= 0.6 is 23.4 Å². The number of hydrogen-bond acceptors (Lipinski definition) is 3. The summed E-state index contributed by atoms with van der Waals surface area (Å²) in [4.78, 5) is 9.67. The molecule has 1 heterocycles. The highest BCUT2D eigenvalue weighted by Crippen LogP contribution is 2.23. The third kappa shape index (κ3) is 4.18. The van der Waals surface area contributed by atoms with Gasteiger partial charge in [-0.1, -0.05) is 25.4 Å². The van der Waals surface area contributed by atoms with Gasteiger partial charge in [-0.05, 0) is 36.2 Å². The predicted molar refractivity (Wildman–Crippen MR) is 77.1 cm³/mol. The minimum absolute atomic E-state index is 0.231. The molecule has 0 amide bonds. The molecule has 0 atom stereocenters. The summed E-state index contributed by atoms with van der Waals surface area (Å²) in [6.07, 6.45) is 0. The number of benzene rings is 1. The van der Waals surface area contributed by atoms with Gasteiger partial charge in [-0.15, -0.1) is 11.8 Å². The molecule has 0 spiro atoms. The van der Waals surface area contributed by atoms with Gasteiger partial charge in [0.05, 0.1) is 5.75 Å². The monoisotopic (exact) mass is 296 g/mol. The zero-order valence-electron chi connectivity index (χ0n) is 10.7. The first kappa shape index (κ1) is 14.3. The van der Waals surface area contributed by atoms with Gasteiger partial charge in [0.25, 0.3) is 0 Å². The van der Waals surface area contributed by atoms with E-state index in [4.69, 9.17) is 11.6 Å². The minimum atomic E-state index is -0.231. The Hall–Kier alpha value is -1.13. The summed E-state index contributed by atoms with van der Waals surface area (Å²) in [5.74, 6) is 1.40. The second-order valence-corrected chi connectivity index (χ2v) is 5.87. The molecular formula is C14H14ClFN2S. The maximum Gasteiger partial charge on any atom is 0.140 e. The number of rotatable bonds is 4. The number of thioether (sulfide) groups is 1. The molecule has 2 nitrogen and oxygen atoms in total. The Morgan fingerprint density at radius 1 is 1.21 bits per heavy atom. The van der Waals surface area contributed by atoms with Gasteiger partial charge < -0.3 is 0 Å². The lowest BCUT2D eigenvalue weighted by atomic mass is 10.1. The van der Waals surface area contributed by atoms with E-state index in [0.717, 1.165) is 10.6 Å². The lowest BCUT2D eigenvalue weighted by molar-refractivity contribution is 0.626. The van der Waals surface area contributed by atoms with Crippen LogP contribution in [0.1, 0.15) is 31.3 Å². The van der Waals surface area contributed by atoms with Crippen molar-refractivity contribution in [3.63, 3.8) is 0 Å². The minimum Gasteiger partial charge on any atom is -0.237 e. The van der Waals surface area contributed by atoms with Gasteiger partial charge in [0, 0.05) is 10.6 Å². The van der Waals surface area contributed by atoms with Gasteiger partial charge in [0.1, 0.15) is 16.8 Å². The second-order valence-electron chi connectivity index (χ2n) is 4.43. The topological polar surface area (TPSA) is 25.8 Å². The van der Waals surface area contributed by atoms with E-state index in [9.17, 15) is 4.39 Å². The summed E-state index contributed by atoms with van der Waals surface area (Å²) in [6, 6.07) is 8.17. The van der Waals surface area contributed by atoms with Crippen LogP contribution in [-0.4, -0.2) is 9.97 Å². The number of nitrogens with zero attached hydrogens (tertiary/aromatic N) is 2. The van der Waals surface area contributed by atoms with Crippen LogP contribution in [0, 0.1) is 5.82 Å². The van der Waals surface area contributed by atoms with Crippen molar-refractivity contribution < 1.29 is 4.39 Å². The molecule has 0 saturated heterocycles. The number of halogens is 2. The van der Waals surface area contributed by atoms with Crippen molar-refractivity contribution >= 4 is 23.4 Å². The molecule has 0 N–H and O–H groups in total. The van der Waals surface area contributed by atoms with Crippen molar-refractivity contribution in [2.24, 2.45) is 0 Å². The van der Waals surface area contributed by atoms with Crippen molar-refractivity contribution in [2.45, 2.75) is 30.4 Å². The fourth-order valence-corrected chi connectivity index (χ4v) is 2.49. The van der Waals surface area contributed by atoms with Gasteiger partial charge in [-0.25, -0.2) is 14.4 Å². The molecule has 0 aliphatic heterocycles. The molecule has 0 aliphatic carbocycles. The van der Waals surface area contributed by atoms with E-state index >= 15 is 0 Å². The molecule has 0 unspecified atom stereocenters. The first-order chi connectivity index (χ1) is 9.04. The number of hydrogen-bond donors (Lipinski definition) is 0. The fourth-order valence-electron chi connectivity index (χ4n) is 1.52. The Morgan fingerprint density at radius 2 is 1.89 bits per heavy atom. The maximum atomic E-state index is 12.8. The molecule has 0 aliphatic rings. The summed E-state index contributed by atoms with van der Waals surface area (Å²) < 4.78 is 12.8. The Balaban J connectivity index is 2.08. The molecule has 100 valence electrons. The van der Waals surface area contributed by atoms with Gasteiger partial charge >= 0.3 is 0 Å². The highest BCUT2D eigenvalue weighted by Gasteiger charge is 2.07. The highest BCUT2D eigenvalue weighted by molar-refractivity contribution is 7.98. The van der Waals surface area contributed by atoms with Crippen molar-refractivity contribution in [1.82, 2.24) is 9.97 Å². The van der Waals surface area contributed by atoms with Crippen LogP contribution in [0.25, 0.3) is 0 Å².